The molecule has 3 rings (SSSR count). The number of ether oxygens (including phenoxy) is 1. The largest absolute Gasteiger partial charge is 0.462 e. The number of hydrogen-bond acceptors (Lipinski definition) is 4. The molecule has 0 radical (unpaired) electrons. The maximum atomic E-state index is 12.5. The Hall–Kier alpha value is -2.11. The molecule has 1 N–H and O–H groups in total. The maximum absolute atomic E-state index is 12.5. The third-order valence-corrected chi connectivity index (χ3v) is 5.89. The molecule has 27 heavy (non-hydrogen) atoms. The van der Waals surface area contributed by atoms with Gasteiger partial charge < -0.3 is 10.1 Å². The molecule has 0 spiro atoms. The molecule has 2 aromatic rings. The van der Waals surface area contributed by atoms with Crippen molar-refractivity contribution in [1.29, 1.82) is 0 Å². The van der Waals surface area contributed by atoms with Crippen LogP contribution in [-0.2, 0) is 22.4 Å². The average molecular weight is 404 g/mol. The van der Waals surface area contributed by atoms with E-state index in [2.05, 4.69) is 5.32 Å². The normalized spacial score (nSPS) is 13.9. The van der Waals surface area contributed by atoms with E-state index in [0.717, 1.165) is 43.2 Å². The van der Waals surface area contributed by atoms with Crippen LogP contribution in [0.3, 0.4) is 0 Å². The third-order valence-electron chi connectivity index (χ3n) is 4.43. The van der Waals surface area contributed by atoms with Gasteiger partial charge in [0.05, 0.1) is 12.2 Å². The summed E-state index contributed by atoms with van der Waals surface area (Å²) in [6, 6.07) is 7.22. The first kappa shape index (κ1) is 19.6. The van der Waals surface area contributed by atoms with Crippen molar-refractivity contribution in [2.45, 2.75) is 39.0 Å². The fourth-order valence-electron chi connectivity index (χ4n) is 3.15. The quantitative estimate of drug-likeness (QED) is 0.407. The van der Waals surface area contributed by atoms with Crippen molar-refractivity contribution in [2.24, 2.45) is 0 Å². The smallest absolute Gasteiger partial charge is 0.341 e. The van der Waals surface area contributed by atoms with Crippen molar-refractivity contribution in [3.8, 4) is 0 Å². The Morgan fingerprint density at radius 3 is 2.67 bits per heavy atom. The van der Waals surface area contributed by atoms with Gasteiger partial charge in [0, 0.05) is 16.0 Å². The van der Waals surface area contributed by atoms with Crippen LogP contribution in [0, 0.1) is 0 Å². The summed E-state index contributed by atoms with van der Waals surface area (Å²) in [5.74, 6) is -0.624. The second-order valence-corrected chi connectivity index (χ2v) is 7.90. The van der Waals surface area contributed by atoms with Gasteiger partial charge in [-0.25, -0.2) is 4.79 Å². The zero-order valence-electron chi connectivity index (χ0n) is 15.2. The van der Waals surface area contributed by atoms with Gasteiger partial charge in [-0.05, 0) is 61.9 Å². The molecule has 0 saturated heterocycles. The van der Waals surface area contributed by atoms with Gasteiger partial charge in [0.1, 0.15) is 5.00 Å². The summed E-state index contributed by atoms with van der Waals surface area (Å²) < 4.78 is 5.24. The number of amides is 1. The summed E-state index contributed by atoms with van der Waals surface area (Å²) in [4.78, 5) is 26.1. The predicted molar refractivity (Wildman–Crippen MR) is 111 cm³/mol. The number of carbonyl (C=O) groups excluding carboxylic acids is 2. The van der Waals surface area contributed by atoms with E-state index >= 15 is 0 Å². The summed E-state index contributed by atoms with van der Waals surface area (Å²) in [5, 5.41) is 4.11. The molecule has 0 fully saturated rings. The highest BCUT2D eigenvalue weighted by Crippen LogP contribution is 2.38. The van der Waals surface area contributed by atoms with Crippen molar-refractivity contribution >= 4 is 45.9 Å². The van der Waals surface area contributed by atoms with Gasteiger partial charge in [0.25, 0.3) is 0 Å². The van der Waals surface area contributed by atoms with Crippen molar-refractivity contribution < 1.29 is 14.3 Å². The molecule has 142 valence electrons. The number of thiophene rings is 1. The van der Waals surface area contributed by atoms with Crippen molar-refractivity contribution in [3.63, 3.8) is 0 Å². The molecule has 0 saturated carbocycles. The van der Waals surface area contributed by atoms with Crippen LogP contribution in [0.2, 0.25) is 5.02 Å². The number of nitrogens with one attached hydrogen (secondary N) is 1. The highest BCUT2D eigenvalue weighted by molar-refractivity contribution is 7.17. The Bertz CT molecular complexity index is 855. The minimum atomic E-state index is -0.353. The zero-order chi connectivity index (χ0) is 19.2. The Balaban J connectivity index is 1.81. The first-order chi connectivity index (χ1) is 13.1. The number of carbonyl (C=O) groups is 2. The Labute approximate surface area is 168 Å². The van der Waals surface area contributed by atoms with Gasteiger partial charge in [-0.15, -0.1) is 11.3 Å². The van der Waals surface area contributed by atoms with Crippen LogP contribution >= 0.6 is 22.9 Å². The lowest BCUT2D eigenvalue weighted by atomic mass is 10.1. The van der Waals surface area contributed by atoms with E-state index in [-0.39, 0.29) is 11.9 Å². The Morgan fingerprint density at radius 1 is 1.19 bits per heavy atom. The summed E-state index contributed by atoms with van der Waals surface area (Å²) in [6.07, 6.45) is 8.31. The zero-order valence-corrected chi connectivity index (χ0v) is 16.8. The van der Waals surface area contributed by atoms with Crippen LogP contribution in [0.25, 0.3) is 6.08 Å². The molecule has 0 aliphatic heterocycles. The van der Waals surface area contributed by atoms with Crippen molar-refractivity contribution in [3.05, 3.63) is 56.9 Å². The van der Waals surface area contributed by atoms with Crippen LogP contribution in [0.5, 0.6) is 0 Å². The molecular weight excluding hydrogens is 382 g/mol. The van der Waals surface area contributed by atoms with Crippen LogP contribution in [0.1, 0.15) is 52.5 Å². The Morgan fingerprint density at radius 2 is 1.93 bits per heavy atom. The molecule has 4 nitrogen and oxygen atoms in total. The highest BCUT2D eigenvalue weighted by Gasteiger charge is 2.26. The monoisotopic (exact) mass is 403 g/mol. The van der Waals surface area contributed by atoms with Gasteiger partial charge in [-0.1, -0.05) is 30.2 Å². The molecule has 1 aliphatic carbocycles. The molecule has 1 aromatic carbocycles. The number of rotatable bonds is 5. The minimum absolute atomic E-state index is 0.271. The summed E-state index contributed by atoms with van der Waals surface area (Å²) >= 11 is 7.37. The topological polar surface area (TPSA) is 55.4 Å². The van der Waals surface area contributed by atoms with E-state index in [1.54, 1.807) is 25.1 Å². The number of hydrogen-bond donors (Lipinski definition) is 1. The average Bonchev–Trinajstić information content (AvgIpc) is 2.82. The summed E-state index contributed by atoms with van der Waals surface area (Å²) in [7, 11) is 0. The van der Waals surface area contributed by atoms with Gasteiger partial charge in [-0.3, -0.25) is 4.79 Å². The fraction of sp³-hybridized carbons (Fsp3) is 0.333. The molecule has 0 unspecified atom stereocenters. The first-order valence-electron chi connectivity index (χ1n) is 9.14. The van der Waals surface area contributed by atoms with Crippen molar-refractivity contribution in [1.82, 2.24) is 0 Å². The lowest BCUT2D eigenvalue weighted by molar-refractivity contribution is -0.111. The lowest BCUT2D eigenvalue weighted by Crippen LogP contribution is -2.13. The van der Waals surface area contributed by atoms with Crippen LogP contribution in [0.15, 0.2) is 30.3 Å². The van der Waals surface area contributed by atoms with E-state index < -0.39 is 0 Å². The van der Waals surface area contributed by atoms with E-state index in [1.165, 1.54) is 22.3 Å². The molecule has 1 amide bonds. The van der Waals surface area contributed by atoms with E-state index in [1.807, 2.05) is 12.1 Å². The lowest BCUT2D eigenvalue weighted by Gasteiger charge is -2.07. The molecule has 0 bridgehead atoms. The molecule has 1 aliphatic rings. The van der Waals surface area contributed by atoms with Gasteiger partial charge in [0.15, 0.2) is 0 Å². The number of anilines is 1. The number of fused-ring (bicyclic) bond motifs is 1. The van der Waals surface area contributed by atoms with Crippen LogP contribution in [0.4, 0.5) is 5.00 Å². The first-order valence-corrected chi connectivity index (χ1v) is 10.3. The van der Waals surface area contributed by atoms with Crippen LogP contribution in [-0.4, -0.2) is 18.5 Å². The van der Waals surface area contributed by atoms with Crippen LogP contribution < -0.4 is 5.32 Å². The molecular formula is C21H22ClNO3S. The SMILES string of the molecule is CCOC(=O)c1c(NC(=O)C=Cc2ccc(Cl)cc2)sc2c1CCCCC2. The van der Waals surface area contributed by atoms with E-state index in [9.17, 15) is 9.59 Å². The minimum Gasteiger partial charge on any atom is -0.462 e. The van der Waals surface area contributed by atoms with Crippen molar-refractivity contribution in [2.75, 3.05) is 11.9 Å². The molecule has 1 heterocycles. The second-order valence-electron chi connectivity index (χ2n) is 6.36. The fourth-order valence-corrected chi connectivity index (χ4v) is 4.56. The third kappa shape index (κ3) is 4.99. The molecule has 6 heteroatoms. The molecule has 1 aromatic heterocycles. The standard InChI is InChI=1S/C21H22ClNO3S/c1-2-26-21(25)19-16-6-4-3-5-7-17(16)27-20(19)23-18(24)13-10-14-8-11-15(22)12-9-14/h8-13H,2-7H2,1H3,(H,23,24). The predicted octanol–water partition coefficient (Wildman–Crippen LogP) is 5.50. The summed E-state index contributed by atoms with van der Waals surface area (Å²) in [5.41, 5.74) is 2.46. The van der Waals surface area contributed by atoms with Gasteiger partial charge in [-0.2, -0.15) is 0 Å². The van der Waals surface area contributed by atoms with E-state index in [4.69, 9.17) is 16.3 Å². The van der Waals surface area contributed by atoms with Gasteiger partial charge >= 0.3 is 5.97 Å². The number of halogens is 1. The highest BCUT2D eigenvalue weighted by atomic mass is 35.5. The molecule has 0 atom stereocenters. The number of esters is 1. The Kier molecular flexibility index (Phi) is 6.69. The van der Waals surface area contributed by atoms with E-state index in [0.29, 0.717) is 22.2 Å². The number of aryl methyl sites for hydroxylation is 1. The number of benzene rings is 1. The van der Waals surface area contributed by atoms with Gasteiger partial charge in [0.2, 0.25) is 5.91 Å². The maximum Gasteiger partial charge on any atom is 0.341 e. The summed E-state index contributed by atoms with van der Waals surface area (Å²) in [6.45, 7) is 2.10. The second kappa shape index (κ2) is 9.20.